The van der Waals surface area contributed by atoms with Crippen LogP contribution in [0, 0.1) is 23.2 Å². The van der Waals surface area contributed by atoms with Gasteiger partial charge < -0.3 is 35.2 Å². The average molecular weight is 428 g/mol. The maximum Gasteiger partial charge on any atom is 0.310 e. The molecule has 3 fully saturated rings. The van der Waals surface area contributed by atoms with E-state index in [0.29, 0.717) is 12.5 Å². The minimum atomic E-state index is -1.66. The summed E-state index contributed by atoms with van der Waals surface area (Å²) in [6.07, 6.45) is -1.17. The Balaban J connectivity index is 1.61. The van der Waals surface area contributed by atoms with Gasteiger partial charge >= 0.3 is 5.97 Å². The van der Waals surface area contributed by atoms with E-state index < -0.39 is 31.0 Å². The Kier molecular flexibility index (Phi) is 7.26. The molecule has 1 saturated heterocycles. The summed E-state index contributed by atoms with van der Waals surface area (Å²) in [5.41, 5.74) is 1.42. The second-order valence-corrected chi connectivity index (χ2v) is 9.92. The first-order chi connectivity index (χ1) is 14.1. The van der Waals surface area contributed by atoms with Gasteiger partial charge in [-0.3, -0.25) is 4.79 Å². The van der Waals surface area contributed by atoms with E-state index in [-0.39, 0.29) is 35.9 Å². The highest BCUT2D eigenvalue weighted by atomic mass is 16.6. The Morgan fingerprint density at radius 1 is 1.23 bits per heavy atom. The third-order valence-corrected chi connectivity index (χ3v) is 7.65. The molecule has 0 aromatic heterocycles. The number of carbonyl (C=O) groups excluding carboxylic acids is 1. The van der Waals surface area contributed by atoms with E-state index in [0.717, 1.165) is 32.1 Å². The molecule has 5 N–H and O–H groups in total. The quantitative estimate of drug-likeness (QED) is 0.263. The number of likely N-dealkylation sites (N-methyl/N-ethyl adjacent to an activating group) is 1. The average Bonchev–Trinajstić information content (AvgIpc) is 2.98. The predicted molar refractivity (Wildman–Crippen MR) is 109 cm³/mol. The molecule has 0 radical (unpaired) electrons. The number of carbonyl (C=O) groups is 1. The molecule has 0 bridgehead atoms. The van der Waals surface area contributed by atoms with Crippen LogP contribution in [0.25, 0.3) is 0 Å². The van der Waals surface area contributed by atoms with Crippen molar-refractivity contribution in [1.29, 1.82) is 0 Å². The molecule has 3 rings (SSSR count). The van der Waals surface area contributed by atoms with Crippen LogP contribution in [0.1, 0.15) is 39.0 Å². The van der Waals surface area contributed by atoms with Crippen molar-refractivity contribution in [3.05, 3.63) is 12.2 Å². The molecule has 172 valence electrons. The molecule has 3 aliphatic rings. The molecule has 0 aromatic carbocycles. The maximum atomic E-state index is 12.6. The summed E-state index contributed by atoms with van der Waals surface area (Å²) >= 11 is 0. The van der Waals surface area contributed by atoms with E-state index in [4.69, 9.17) is 9.84 Å². The maximum absolute atomic E-state index is 12.6. The summed E-state index contributed by atoms with van der Waals surface area (Å²) in [5.74, 6) is -0.0128. The molecule has 30 heavy (non-hydrogen) atoms. The van der Waals surface area contributed by atoms with Crippen molar-refractivity contribution < 1.29 is 35.1 Å². The van der Waals surface area contributed by atoms with Crippen LogP contribution in [0.3, 0.4) is 0 Å². The van der Waals surface area contributed by atoms with Crippen molar-refractivity contribution >= 4 is 5.97 Å². The van der Waals surface area contributed by atoms with Gasteiger partial charge in [0.2, 0.25) is 0 Å². The molecule has 0 amide bonds. The number of esters is 1. The van der Waals surface area contributed by atoms with Gasteiger partial charge in [-0.15, -0.1) is 0 Å². The highest BCUT2D eigenvalue weighted by molar-refractivity contribution is 5.75. The minimum absolute atomic E-state index is 0.00535. The first kappa shape index (κ1) is 23.6. The van der Waals surface area contributed by atoms with E-state index in [1.807, 2.05) is 0 Å². The Morgan fingerprint density at radius 3 is 2.57 bits per heavy atom. The van der Waals surface area contributed by atoms with Crippen LogP contribution in [-0.2, 0) is 9.53 Å². The molecular formula is C22H37NO7. The molecule has 1 aliphatic heterocycles. The van der Waals surface area contributed by atoms with Crippen LogP contribution >= 0.6 is 0 Å². The fourth-order valence-electron chi connectivity index (χ4n) is 5.87. The lowest BCUT2D eigenvalue weighted by Crippen LogP contribution is -2.50. The Bertz CT molecular complexity index is 643. The van der Waals surface area contributed by atoms with Crippen LogP contribution < -0.4 is 0 Å². The Morgan fingerprint density at radius 2 is 1.90 bits per heavy atom. The summed E-state index contributed by atoms with van der Waals surface area (Å²) in [5, 5.41) is 48.4. The number of hydrogen-bond donors (Lipinski definition) is 5. The third kappa shape index (κ3) is 4.59. The predicted octanol–water partition coefficient (Wildman–Crippen LogP) is -0.332. The van der Waals surface area contributed by atoms with Crippen molar-refractivity contribution in [2.24, 2.45) is 23.2 Å². The van der Waals surface area contributed by atoms with Crippen molar-refractivity contribution in [1.82, 2.24) is 4.90 Å². The fraction of sp³-hybridized carbons (Fsp3) is 0.864. The number of ether oxygens (including phenoxy) is 1. The lowest BCUT2D eigenvalue weighted by Gasteiger charge is -2.50. The molecule has 2 saturated carbocycles. The zero-order chi connectivity index (χ0) is 22.2. The number of aliphatic hydroxyl groups excluding tert-OH is 5. The minimum Gasteiger partial charge on any atom is -0.462 e. The zero-order valence-electron chi connectivity index (χ0n) is 18.0. The fourth-order valence-corrected chi connectivity index (χ4v) is 5.87. The van der Waals surface area contributed by atoms with Crippen molar-refractivity contribution in [3.8, 4) is 0 Å². The molecule has 0 unspecified atom stereocenters. The summed E-state index contributed by atoms with van der Waals surface area (Å²) in [6, 6.07) is 0. The van der Waals surface area contributed by atoms with Gasteiger partial charge in [-0.1, -0.05) is 19.1 Å². The van der Waals surface area contributed by atoms with Gasteiger partial charge in [0.25, 0.3) is 0 Å². The third-order valence-electron chi connectivity index (χ3n) is 7.65. The zero-order valence-corrected chi connectivity index (χ0v) is 18.0. The number of rotatable bonds is 8. The standard InChI is InChI=1S/C22H37NO7/c1-12-5-4-6-22(2)8-18-13(7-15(12)22)14(21(29)30-18)9-23(3)10-16(25)19(27)20(28)17(26)11-24/h13-20,24-28H,1,4-11H2,2-3H3/t13-,14-,15+,16+,17+,18-,19+,20-,22-/m1/s1. The molecule has 2 aliphatic carbocycles. The number of aliphatic hydroxyl groups is 5. The lowest BCUT2D eigenvalue weighted by molar-refractivity contribution is -0.146. The molecule has 0 aromatic rings. The molecule has 8 nitrogen and oxygen atoms in total. The van der Waals surface area contributed by atoms with E-state index in [1.165, 1.54) is 5.57 Å². The monoisotopic (exact) mass is 427 g/mol. The second-order valence-electron chi connectivity index (χ2n) is 9.92. The van der Waals surface area contributed by atoms with Crippen LogP contribution in [0.2, 0.25) is 0 Å². The van der Waals surface area contributed by atoms with Crippen molar-refractivity contribution in [2.45, 2.75) is 69.5 Å². The number of fused-ring (bicyclic) bond motifs is 2. The number of nitrogens with zero attached hydrogens (tertiary/aromatic N) is 1. The van der Waals surface area contributed by atoms with Gasteiger partial charge in [-0.25, -0.2) is 0 Å². The highest BCUT2D eigenvalue weighted by Crippen LogP contribution is 2.56. The van der Waals surface area contributed by atoms with Crippen LogP contribution in [0.5, 0.6) is 0 Å². The largest absolute Gasteiger partial charge is 0.462 e. The lowest BCUT2D eigenvalue weighted by atomic mass is 9.55. The smallest absolute Gasteiger partial charge is 0.310 e. The topological polar surface area (TPSA) is 131 Å². The van der Waals surface area contributed by atoms with Crippen molar-refractivity contribution in [3.63, 3.8) is 0 Å². The Hall–Kier alpha value is -1.03. The van der Waals surface area contributed by atoms with E-state index >= 15 is 0 Å². The van der Waals surface area contributed by atoms with Crippen LogP contribution in [-0.4, -0.2) is 93.7 Å². The first-order valence-corrected chi connectivity index (χ1v) is 11.0. The molecule has 9 atom stereocenters. The van der Waals surface area contributed by atoms with Gasteiger partial charge in [0, 0.05) is 19.0 Å². The summed E-state index contributed by atoms with van der Waals surface area (Å²) in [4.78, 5) is 14.4. The van der Waals surface area contributed by atoms with Crippen LogP contribution in [0.15, 0.2) is 12.2 Å². The van der Waals surface area contributed by atoms with Gasteiger partial charge in [0.1, 0.15) is 24.4 Å². The van der Waals surface area contributed by atoms with E-state index in [2.05, 4.69) is 13.5 Å². The first-order valence-electron chi connectivity index (χ1n) is 11.0. The van der Waals surface area contributed by atoms with Gasteiger partial charge in [-0.05, 0) is 50.5 Å². The van der Waals surface area contributed by atoms with Gasteiger partial charge in [0.15, 0.2) is 0 Å². The number of hydrogen-bond acceptors (Lipinski definition) is 8. The van der Waals surface area contributed by atoms with Gasteiger partial charge in [0.05, 0.1) is 18.6 Å². The molecule has 8 heteroatoms. The summed E-state index contributed by atoms with van der Waals surface area (Å²) < 4.78 is 5.76. The molecule has 0 spiro atoms. The SMILES string of the molecule is C=C1CCC[C@]2(C)C[C@H]3OC(=O)[C@H](CN(C)C[C@H](O)[C@H](O)[C@H](O)[C@@H](O)CO)[C@H]3C[C@@H]12. The Labute approximate surface area is 178 Å². The highest BCUT2D eigenvalue weighted by Gasteiger charge is 2.55. The van der Waals surface area contributed by atoms with Crippen LogP contribution in [0.4, 0.5) is 0 Å². The second kappa shape index (κ2) is 9.22. The summed E-state index contributed by atoms with van der Waals surface area (Å²) in [6.45, 7) is 6.25. The number of allylic oxidation sites excluding steroid dienone is 1. The summed E-state index contributed by atoms with van der Waals surface area (Å²) in [7, 11) is 1.73. The van der Waals surface area contributed by atoms with Crippen molar-refractivity contribution in [2.75, 3.05) is 26.7 Å². The van der Waals surface area contributed by atoms with E-state index in [1.54, 1.807) is 11.9 Å². The van der Waals surface area contributed by atoms with Gasteiger partial charge in [-0.2, -0.15) is 0 Å². The molecular weight excluding hydrogens is 390 g/mol. The normalized spacial score (nSPS) is 37.9. The molecule has 1 heterocycles. The van der Waals surface area contributed by atoms with E-state index in [9.17, 15) is 25.2 Å².